The third-order valence-electron chi connectivity index (χ3n) is 2.92. The van der Waals surface area contributed by atoms with Gasteiger partial charge in [-0.05, 0) is 24.5 Å². The Morgan fingerprint density at radius 1 is 1.37 bits per heavy atom. The number of hydrogen-bond donors (Lipinski definition) is 1. The molecular weight excluding hydrogens is 244 g/mol. The molecule has 0 saturated carbocycles. The van der Waals surface area contributed by atoms with Crippen LogP contribution in [-0.2, 0) is 11.3 Å². The van der Waals surface area contributed by atoms with Crippen molar-refractivity contribution >= 4 is 17.0 Å². The van der Waals surface area contributed by atoms with E-state index in [-0.39, 0.29) is 12.5 Å². The van der Waals surface area contributed by atoms with Gasteiger partial charge in [0.05, 0.1) is 5.52 Å². The van der Waals surface area contributed by atoms with Crippen molar-refractivity contribution in [3.05, 3.63) is 34.8 Å². The molecule has 5 nitrogen and oxygen atoms in total. The number of aromatic nitrogens is 1. The van der Waals surface area contributed by atoms with Gasteiger partial charge in [0.2, 0.25) is 5.91 Å². The predicted octanol–water partition coefficient (Wildman–Crippen LogP) is 1.76. The minimum Gasteiger partial charge on any atom is -0.408 e. The van der Waals surface area contributed by atoms with Gasteiger partial charge in [0.1, 0.15) is 6.54 Å². The van der Waals surface area contributed by atoms with Gasteiger partial charge in [-0.1, -0.05) is 26.0 Å². The first kappa shape index (κ1) is 13.4. The molecule has 0 aliphatic carbocycles. The second-order valence-corrected chi connectivity index (χ2v) is 4.95. The smallest absolute Gasteiger partial charge is 0.408 e. The number of carbonyl (C=O) groups excluding carboxylic acids is 1. The number of rotatable bonds is 5. The van der Waals surface area contributed by atoms with Crippen molar-refractivity contribution in [3.8, 4) is 0 Å². The van der Waals surface area contributed by atoms with Crippen LogP contribution in [-0.4, -0.2) is 17.0 Å². The van der Waals surface area contributed by atoms with E-state index in [1.807, 2.05) is 6.07 Å². The van der Waals surface area contributed by atoms with Crippen LogP contribution >= 0.6 is 0 Å². The molecule has 0 bridgehead atoms. The number of hydrogen-bond acceptors (Lipinski definition) is 3. The summed E-state index contributed by atoms with van der Waals surface area (Å²) in [5, 5.41) is 2.80. The topological polar surface area (TPSA) is 64.2 Å². The van der Waals surface area contributed by atoms with E-state index in [4.69, 9.17) is 4.42 Å². The maximum absolute atomic E-state index is 11.8. The number of benzene rings is 1. The van der Waals surface area contributed by atoms with Crippen molar-refractivity contribution < 1.29 is 9.21 Å². The first-order chi connectivity index (χ1) is 9.08. The second kappa shape index (κ2) is 5.73. The van der Waals surface area contributed by atoms with Gasteiger partial charge in [0.15, 0.2) is 5.58 Å². The first-order valence-electron chi connectivity index (χ1n) is 6.43. The maximum atomic E-state index is 11.8. The van der Waals surface area contributed by atoms with E-state index < -0.39 is 5.76 Å². The van der Waals surface area contributed by atoms with Crippen LogP contribution in [0.3, 0.4) is 0 Å². The minimum atomic E-state index is -0.500. The molecule has 1 aromatic carbocycles. The highest BCUT2D eigenvalue weighted by molar-refractivity contribution is 5.79. The molecule has 19 heavy (non-hydrogen) atoms. The normalized spacial score (nSPS) is 11.1. The summed E-state index contributed by atoms with van der Waals surface area (Å²) in [5.74, 6) is -0.132. The molecule has 1 aromatic heterocycles. The Hall–Kier alpha value is -2.04. The van der Waals surface area contributed by atoms with Crippen LogP contribution in [0.25, 0.3) is 11.1 Å². The number of nitrogens with zero attached hydrogens (tertiary/aromatic N) is 1. The molecular formula is C14H18N2O3. The molecule has 0 atom stereocenters. The second-order valence-electron chi connectivity index (χ2n) is 4.95. The lowest BCUT2D eigenvalue weighted by Crippen LogP contribution is -2.31. The zero-order valence-electron chi connectivity index (χ0n) is 11.2. The molecule has 0 aliphatic heterocycles. The van der Waals surface area contributed by atoms with E-state index in [2.05, 4.69) is 19.2 Å². The highest BCUT2D eigenvalue weighted by Gasteiger charge is 2.11. The fourth-order valence-corrected chi connectivity index (χ4v) is 1.86. The number of amides is 1. The standard InChI is InChI=1S/C14H18N2O3/c1-10(2)7-8-15-13(17)9-16-11-5-3-4-6-12(11)19-14(16)18/h3-6,10H,7-9H2,1-2H3,(H,15,17). The van der Waals surface area contributed by atoms with Crippen LogP contribution in [0.1, 0.15) is 20.3 Å². The molecule has 1 heterocycles. The van der Waals surface area contributed by atoms with Crippen LogP contribution in [0.15, 0.2) is 33.5 Å². The van der Waals surface area contributed by atoms with Crippen molar-refractivity contribution in [1.82, 2.24) is 9.88 Å². The Kier molecular flexibility index (Phi) is 4.04. The molecule has 5 heteroatoms. The first-order valence-corrected chi connectivity index (χ1v) is 6.43. The van der Waals surface area contributed by atoms with Crippen LogP contribution in [0.5, 0.6) is 0 Å². The summed E-state index contributed by atoms with van der Waals surface area (Å²) >= 11 is 0. The van der Waals surface area contributed by atoms with E-state index in [9.17, 15) is 9.59 Å². The van der Waals surface area contributed by atoms with E-state index in [1.165, 1.54) is 4.57 Å². The molecule has 0 unspecified atom stereocenters. The largest absolute Gasteiger partial charge is 0.420 e. The molecule has 0 radical (unpaired) electrons. The molecule has 0 spiro atoms. The Balaban J connectivity index is 2.07. The van der Waals surface area contributed by atoms with Gasteiger partial charge in [0.25, 0.3) is 0 Å². The minimum absolute atomic E-state index is 0.00601. The van der Waals surface area contributed by atoms with Crippen LogP contribution < -0.4 is 11.1 Å². The fourth-order valence-electron chi connectivity index (χ4n) is 1.86. The molecule has 0 saturated heterocycles. The zero-order valence-corrected chi connectivity index (χ0v) is 11.2. The number of carbonyl (C=O) groups is 1. The zero-order chi connectivity index (χ0) is 13.8. The van der Waals surface area contributed by atoms with Crippen molar-refractivity contribution in [2.45, 2.75) is 26.8 Å². The van der Waals surface area contributed by atoms with Crippen molar-refractivity contribution in [1.29, 1.82) is 0 Å². The van der Waals surface area contributed by atoms with Crippen molar-refractivity contribution in [2.75, 3.05) is 6.54 Å². The van der Waals surface area contributed by atoms with E-state index in [1.54, 1.807) is 18.2 Å². The summed E-state index contributed by atoms with van der Waals surface area (Å²) in [4.78, 5) is 23.4. The summed E-state index contributed by atoms with van der Waals surface area (Å²) in [6.45, 7) is 4.81. The summed E-state index contributed by atoms with van der Waals surface area (Å²) in [6, 6.07) is 7.08. The fraction of sp³-hybridized carbons (Fsp3) is 0.429. The summed E-state index contributed by atoms with van der Waals surface area (Å²) < 4.78 is 6.42. The van der Waals surface area contributed by atoms with Gasteiger partial charge in [-0.15, -0.1) is 0 Å². The lowest BCUT2D eigenvalue weighted by molar-refractivity contribution is -0.121. The summed E-state index contributed by atoms with van der Waals surface area (Å²) in [6.07, 6.45) is 0.923. The van der Waals surface area contributed by atoms with Crippen LogP contribution in [0.4, 0.5) is 0 Å². The Labute approximate surface area is 111 Å². The van der Waals surface area contributed by atoms with Crippen LogP contribution in [0, 0.1) is 5.92 Å². The summed E-state index contributed by atoms with van der Waals surface area (Å²) in [5.41, 5.74) is 1.15. The van der Waals surface area contributed by atoms with Crippen molar-refractivity contribution in [2.24, 2.45) is 5.92 Å². The monoisotopic (exact) mass is 262 g/mol. The van der Waals surface area contributed by atoms with E-state index in [0.29, 0.717) is 23.6 Å². The average Bonchev–Trinajstić information content (AvgIpc) is 2.66. The lowest BCUT2D eigenvalue weighted by Gasteiger charge is -2.07. The number of nitrogens with one attached hydrogen (secondary N) is 1. The van der Waals surface area contributed by atoms with Crippen molar-refractivity contribution in [3.63, 3.8) is 0 Å². The van der Waals surface area contributed by atoms with Gasteiger partial charge in [-0.25, -0.2) is 4.79 Å². The Morgan fingerprint density at radius 3 is 2.84 bits per heavy atom. The number of para-hydroxylation sites is 2. The quantitative estimate of drug-likeness (QED) is 0.893. The van der Waals surface area contributed by atoms with Gasteiger partial charge >= 0.3 is 5.76 Å². The van der Waals surface area contributed by atoms with Gasteiger partial charge < -0.3 is 9.73 Å². The SMILES string of the molecule is CC(C)CCNC(=O)Cn1c(=O)oc2ccccc21. The highest BCUT2D eigenvalue weighted by Crippen LogP contribution is 2.11. The molecule has 2 rings (SSSR count). The Bertz CT molecular complexity index is 625. The lowest BCUT2D eigenvalue weighted by atomic mass is 10.1. The highest BCUT2D eigenvalue weighted by atomic mass is 16.4. The van der Waals surface area contributed by atoms with Gasteiger partial charge in [0, 0.05) is 6.54 Å². The van der Waals surface area contributed by atoms with E-state index >= 15 is 0 Å². The molecule has 1 amide bonds. The number of oxazole rings is 1. The molecule has 0 fully saturated rings. The maximum Gasteiger partial charge on any atom is 0.420 e. The molecule has 2 aromatic rings. The predicted molar refractivity (Wildman–Crippen MR) is 72.9 cm³/mol. The molecule has 1 N–H and O–H groups in total. The third kappa shape index (κ3) is 3.24. The molecule has 102 valence electrons. The van der Waals surface area contributed by atoms with Gasteiger partial charge in [-0.2, -0.15) is 0 Å². The van der Waals surface area contributed by atoms with Gasteiger partial charge in [-0.3, -0.25) is 9.36 Å². The molecule has 0 aliphatic rings. The van der Waals surface area contributed by atoms with E-state index in [0.717, 1.165) is 6.42 Å². The summed E-state index contributed by atoms with van der Waals surface area (Å²) in [7, 11) is 0. The number of fused-ring (bicyclic) bond motifs is 1. The van der Waals surface area contributed by atoms with Crippen LogP contribution in [0.2, 0.25) is 0 Å². The third-order valence-corrected chi connectivity index (χ3v) is 2.92. The average molecular weight is 262 g/mol. The Morgan fingerprint density at radius 2 is 2.11 bits per heavy atom.